The Hall–Kier alpha value is -2.35. The molecule has 1 aliphatic heterocycles. The van der Waals surface area contributed by atoms with Crippen molar-refractivity contribution in [2.45, 2.75) is 58.0 Å². The normalized spacial score (nSPS) is 17.6. The largest absolute Gasteiger partial charge is 0.481 e. The van der Waals surface area contributed by atoms with E-state index in [4.69, 9.17) is 4.74 Å². The van der Waals surface area contributed by atoms with Crippen LogP contribution in [0.3, 0.4) is 0 Å². The van der Waals surface area contributed by atoms with Crippen molar-refractivity contribution in [1.82, 2.24) is 5.32 Å². The van der Waals surface area contributed by atoms with Crippen LogP contribution in [0.1, 0.15) is 49.9 Å². The summed E-state index contributed by atoms with van der Waals surface area (Å²) in [6, 6.07) is 5.17. The average Bonchev–Trinajstić information content (AvgIpc) is 3.37. The van der Waals surface area contributed by atoms with Gasteiger partial charge in [-0.2, -0.15) is 24.5 Å². The van der Waals surface area contributed by atoms with E-state index in [-0.39, 0.29) is 29.2 Å². The predicted octanol–water partition coefficient (Wildman–Crippen LogP) is 5.43. The number of carbonyl (C=O) groups excluding carboxylic acids is 1. The molecule has 0 saturated carbocycles. The number of hydrogen-bond donors (Lipinski definition) is 1. The second kappa shape index (κ2) is 9.20. The number of carbonyl (C=O) groups is 1. The van der Waals surface area contributed by atoms with Gasteiger partial charge in [-0.3, -0.25) is 9.79 Å². The van der Waals surface area contributed by atoms with Gasteiger partial charge in [-0.05, 0) is 65.8 Å². The molecule has 1 N–H and O–H groups in total. The first kappa shape index (κ1) is 22.3. The molecular weight excluding hydrogens is 413 g/mol. The first-order chi connectivity index (χ1) is 14.1. The van der Waals surface area contributed by atoms with Crippen LogP contribution in [0.4, 0.5) is 13.2 Å². The number of nitrogens with one attached hydrogen (secondary N) is 1. The lowest BCUT2D eigenvalue weighted by Gasteiger charge is -2.23. The van der Waals surface area contributed by atoms with Gasteiger partial charge in [0.2, 0.25) is 0 Å². The summed E-state index contributed by atoms with van der Waals surface area (Å²) in [7, 11) is 0. The maximum Gasteiger partial charge on any atom is 0.416 e. The van der Waals surface area contributed by atoms with Gasteiger partial charge in [-0.1, -0.05) is 19.9 Å². The summed E-state index contributed by atoms with van der Waals surface area (Å²) in [5.74, 6) is -0.165. The minimum atomic E-state index is -4.52. The monoisotopic (exact) mass is 438 g/mol. The molecule has 0 radical (unpaired) electrons. The van der Waals surface area contributed by atoms with Crippen LogP contribution in [0, 0.1) is 5.92 Å². The third kappa shape index (κ3) is 6.08. The van der Waals surface area contributed by atoms with Crippen molar-refractivity contribution >= 4 is 23.5 Å². The molecule has 0 aliphatic carbocycles. The van der Waals surface area contributed by atoms with Crippen LogP contribution in [0.15, 0.2) is 40.0 Å². The van der Waals surface area contributed by atoms with Gasteiger partial charge in [-0.25, -0.2) is 0 Å². The zero-order chi connectivity index (χ0) is 21.9. The number of alkyl halides is 3. The van der Waals surface area contributed by atoms with E-state index in [1.807, 2.05) is 37.6 Å². The highest BCUT2D eigenvalue weighted by Crippen LogP contribution is 2.40. The molecule has 2 aromatic rings. The molecule has 30 heavy (non-hydrogen) atoms. The summed E-state index contributed by atoms with van der Waals surface area (Å²) in [6.07, 6.45) is -2.86. The molecule has 3 atom stereocenters. The van der Waals surface area contributed by atoms with Crippen LogP contribution >= 0.6 is 11.3 Å². The van der Waals surface area contributed by atoms with Crippen molar-refractivity contribution in [1.29, 1.82) is 0 Å². The van der Waals surface area contributed by atoms with E-state index in [2.05, 4.69) is 10.3 Å². The maximum absolute atomic E-state index is 13.5. The second-order valence-electron chi connectivity index (χ2n) is 7.97. The Morgan fingerprint density at radius 1 is 1.27 bits per heavy atom. The van der Waals surface area contributed by atoms with Gasteiger partial charge in [0.1, 0.15) is 11.8 Å². The summed E-state index contributed by atoms with van der Waals surface area (Å²) in [4.78, 5) is 16.7. The second-order valence-corrected chi connectivity index (χ2v) is 8.75. The molecule has 4 nitrogen and oxygen atoms in total. The van der Waals surface area contributed by atoms with E-state index >= 15 is 0 Å². The number of thiophene rings is 1. The Bertz CT molecular complexity index is 888. The van der Waals surface area contributed by atoms with Crippen LogP contribution in [0.25, 0.3) is 0 Å². The molecular formula is C22H25F3N2O2S. The molecule has 0 fully saturated rings. The van der Waals surface area contributed by atoms with Crippen LogP contribution in [-0.2, 0) is 17.4 Å². The number of rotatable bonds is 9. The molecule has 1 amide bonds. The molecule has 1 aromatic carbocycles. The smallest absolute Gasteiger partial charge is 0.416 e. The Morgan fingerprint density at radius 3 is 2.57 bits per heavy atom. The number of ether oxygens (including phenoxy) is 1. The van der Waals surface area contributed by atoms with Crippen LogP contribution < -0.4 is 10.1 Å². The van der Waals surface area contributed by atoms with Gasteiger partial charge in [0.15, 0.2) is 6.10 Å². The van der Waals surface area contributed by atoms with Gasteiger partial charge in [0.05, 0.1) is 5.56 Å². The third-order valence-electron chi connectivity index (χ3n) is 4.71. The lowest BCUT2D eigenvalue weighted by molar-refractivity contribution is -0.138. The zero-order valence-electron chi connectivity index (χ0n) is 17.1. The topological polar surface area (TPSA) is 50.7 Å². The van der Waals surface area contributed by atoms with Gasteiger partial charge in [-0.15, -0.1) is 0 Å². The summed E-state index contributed by atoms with van der Waals surface area (Å²) in [5, 5.41) is 6.92. The van der Waals surface area contributed by atoms with Crippen molar-refractivity contribution in [2.75, 3.05) is 0 Å². The number of halogens is 3. The molecule has 1 aliphatic rings. The van der Waals surface area contributed by atoms with Gasteiger partial charge in [0.25, 0.3) is 5.91 Å². The Balaban J connectivity index is 1.73. The van der Waals surface area contributed by atoms with Crippen LogP contribution in [0.2, 0.25) is 0 Å². The fourth-order valence-corrected chi connectivity index (χ4v) is 3.95. The fourth-order valence-electron chi connectivity index (χ4n) is 3.27. The van der Waals surface area contributed by atoms with Crippen LogP contribution in [0.5, 0.6) is 5.75 Å². The quantitative estimate of drug-likeness (QED) is 0.567. The summed E-state index contributed by atoms with van der Waals surface area (Å²) >= 11 is 1.59. The van der Waals surface area contributed by atoms with Crippen molar-refractivity contribution in [2.24, 2.45) is 10.9 Å². The standard InChI is InChI=1S/C22H25F3N2O2S/c1-13(2)8-20(21(28)27-14(3)9-15-6-7-30-12-15)29-16-4-5-17(19-11-26-19)18(10-16)22(23,24)25/h4-7,10-14,19-20H,8-9H2,1-3H3,(H,27,28). The molecule has 2 heterocycles. The zero-order valence-corrected chi connectivity index (χ0v) is 17.9. The van der Waals surface area contributed by atoms with Gasteiger partial charge < -0.3 is 10.1 Å². The minimum absolute atomic E-state index is 0.0259. The molecule has 0 bridgehead atoms. The van der Waals surface area contributed by atoms with Gasteiger partial charge in [0, 0.05) is 12.3 Å². The fraction of sp³-hybridized carbons (Fsp3) is 0.455. The summed E-state index contributed by atoms with van der Waals surface area (Å²) in [6.45, 7) is 5.77. The van der Waals surface area contributed by atoms with E-state index in [0.717, 1.165) is 11.6 Å². The van der Waals surface area contributed by atoms with Gasteiger partial charge >= 0.3 is 6.18 Å². The highest BCUT2D eigenvalue weighted by atomic mass is 32.1. The number of hydrogen-bond acceptors (Lipinski definition) is 4. The summed E-state index contributed by atoms with van der Waals surface area (Å²) < 4.78 is 46.2. The highest BCUT2D eigenvalue weighted by molar-refractivity contribution is 7.07. The molecule has 3 unspecified atom stereocenters. The van der Waals surface area contributed by atoms with Crippen molar-refractivity contribution < 1.29 is 22.7 Å². The molecule has 1 aromatic heterocycles. The number of aliphatic imine (C=N–C) groups is 1. The summed E-state index contributed by atoms with van der Waals surface area (Å²) in [5.41, 5.74) is 0.447. The van der Waals surface area contributed by atoms with E-state index in [1.54, 1.807) is 11.3 Å². The van der Waals surface area contributed by atoms with E-state index in [0.29, 0.717) is 12.8 Å². The number of amides is 1. The first-order valence-corrected chi connectivity index (χ1v) is 10.8. The molecule has 0 spiro atoms. The van der Waals surface area contributed by atoms with Crippen molar-refractivity contribution in [3.63, 3.8) is 0 Å². The molecule has 0 saturated heterocycles. The molecule has 8 heteroatoms. The van der Waals surface area contributed by atoms with Crippen LogP contribution in [-0.4, -0.2) is 24.3 Å². The molecule has 162 valence electrons. The Morgan fingerprint density at radius 2 is 2.00 bits per heavy atom. The Labute approximate surface area is 178 Å². The first-order valence-electron chi connectivity index (χ1n) is 9.86. The number of nitrogens with zero attached hydrogens (tertiary/aromatic N) is 1. The third-order valence-corrected chi connectivity index (χ3v) is 5.45. The SMILES string of the molecule is CC(C)CC(Oc1ccc(C2C=N2)c(C(F)(F)F)c1)C(=O)NC(C)Cc1ccsc1. The van der Waals surface area contributed by atoms with E-state index < -0.39 is 23.9 Å². The number of benzene rings is 1. The van der Waals surface area contributed by atoms with Crippen molar-refractivity contribution in [3.05, 3.63) is 51.7 Å². The lowest BCUT2D eigenvalue weighted by Crippen LogP contribution is -2.44. The maximum atomic E-state index is 13.5. The van der Waals surface area contributed by atoms with E-state index in [9.17, 15) is 18.0 Å². The lowest BCUT2D eigenvalue weighted by atomic mass is 10.0. The average molecular weight is 439 g/mol. The van der Waals surface area contributed by atoms with E-state index in [1.165, 1.54) is 18.3 Å². The Kier molecular flexibility index (Phi) is 6.85. The molecule has 3 rings (SSSR count). The predicted molar refractivity (Wildman–Crippen MR) is 112 cm³/mol. The van der Waals surface area contributed by atoms with Crippen molar-refractivity contribution in [3.8, 4) is 5.75 Å². The minimum Gasteiger partial charge on any atom is -0.481 e. The highest BCUT2D eigenvalue weighted by Gasteiger charge is 2.37.